The molecule has 0 aromatic carbocycles. The molecule has 0 unspecified atom stereocenters. The lowest BCUT2D eigenvalue weighted by molar-refractivity contribution is 0.0577. The summed E-state index contributed by atoms with van der Waals surface area (Å²) >= 11 is 1.50. The monoisotopic (exact) mass is 385 g/mol. The Hall–Kier alpha value is -2.35. The number of fused-ring (bicyclic) bond motifs is 4. The van der Waals surface area contributed by atoms with Crippen LogP contribution < -0.4 is 0 Å². The van der Waals surface area contributed by atoms with E-state index in [1.165, 1.54) is 23.7 Å². The first-order chi connectivity index (χ1) is 13.1. The predicted octanol–water partition coefficient (Wildman–Crippen LogP) is 2.18. The number of aromatic nitrogens is 3. The van der Waals surface area contributed by atoms with Crippen LogP contribution in [0.4, 0.5) is 0 Å². The first-order valence-corrected chi connectivity index (χ1v) is 10.2. The van der Waals surface area contributed by atoms with Gasteiger partial charge in [-0.2, -0.15) is 0 Å². The summed E-state index contributed by atoms with van der Waals surface area (Å²) in [5.41, 5.74) is 1.18. The number of nitrogens with zero attached hydrogens (tertiary/aromatic N) is 5. The quantitative estimate of drug-likeness (QED) is 0.809. The summed E-state index contributed by atoms with van der Waals surface area (Å²) in [5.74, 6) is 0.261. The molecule has 2 bridgehead atoms. The molecule has 3 fully saturated rings. The highest BCUT2D eigenvalue weighted by atomic mass is 32.1. The molecule has 5 heterocycles. The zero-order valence-corrected chi connectivity index (χ0v) is 16.4. The van der Waals surface area contributed by atoms with Crippen LogP contribution in [0.3, 0.4) is 0 Å². The van der Waals surface area contributed by atoms with Gasteiger partial charge in [0.2, 0.25) is 0 Å². The van der Waals surface area contributed by atoms with Gasteiger partial charge in [0.15, 0.2) is 0 Å². The van der Waals surface area contributed by atoms with Crippen molar-refractivity contribution in [3.05, 3.63) is 39.9 Å². The number of aryl methyl sites for hydroxylation is 2. The summed E-state index contributed by atoms with van der Waals surface area (Å²) in [4.78, 5) is 43.2. The molecule has 3 saturated heterocycles. The standard InChI is InChI=1S/C19H23N5O2S/c1-3-16-22-12(2)17(27-16)19(26)24-10-13-4-5-14(24)11-23(9-13)18(25)15-8-20-6-7-21-15/h6-8,13-14H,3-5,9-11H2,1-2H3/t13-,14+/m0/s1. The fourth-order valence-corrected chi connectivity index (χ4v) is 4.96. The molecule has 2 amide bonds. The maximum absolute atomic E-state index is 13.2. The summed E-state index contributed by atoms with van der Waals surface area (Å²) in [5, 5.41) is 0.996. The number of carbonyl (C=O) groups excluding carboxylic acids is 2. The van der Waals surface area contributed by atoms with Crippen LogP contribution in [0, 0.1) is 12.8 Å². The third kappa shape index (κ3) is 3.45. The number of thiazole rings is 1. The highest BCUT2D eigenvalue weighted by molar-refractivity contribution is 7.13. The molecule has 5 rings (SSSR count). The van der Waals surface area contributed by atoms with Gasteiger partial charge < -0.3 is 9.80 Å². The van der Waals surface area contributed by atoms with E-state index in [2.05, 4.69) is 21.9 Å². The normalized spacial score (nSPS) is 22.0. The van der Waals surface area contributed by atoms with Gasteiger partial charge in [-0.15, -0.1) is 11.3 Å². The number of piperidine rings is 1. The zero-order chi connectivity index (χ0) is 19.0. The number of hydrogen-bond donors (Lipinski definition) is 0. The van der Waals surface area contributed by atoms with Crippen molar-refractivity contribution in [2.45, 2.75) is 39.2 Å². The molecule has 0 N–H and O–H groups in total. The van der Waals surface area contributed by atoms with Crippen molar-refractivity contribution in [1.29, 1.82) is 0 Å². The van der Waals surface area contributed by atoms with Gasteiger partial charge in [-0.05, 0) is 32.1 Å². The molecule has 7 nitrogen and oxygen atoms in total. The second-order valence-electron chi connectivity index (χ2n) is 7.23. The highest BCUT2D eigenvalue weighted by Gasteiger charge is 2.40. The van der Waals surface area contributed by atoms with Crippen molar-refractivity contribution >= 4 is 23.2 Å². The first kappa shape index (κ1) is 18.0. The molecule has 2 aromatic heterocycles. The molecule has 8 heteroatoms. The van der Waals surface area contributed by atoms with E-state index in [0.717, 1.165) is 34.8 Å². The molecular weight excluding hydrogens is 362 g/mol. The largest absolute Gasteiger partial charge is 0.335 e. The summed E-state index contributed by atoms with van der Waals surface area (Å²) < 4.78 is 0. The fraction of sp³-hybridized carbons (Fsp3) is 0.526. The van der Waals surface area contributed by atoms with Gasteiger partial charge in [0.05, 0.1) is 16.9 Å². The summed E-state index contributed by atoms with van der Waals surface area (Å²) in [6.45, 7) is 5.87. The molecule has 3 aliphatic heterocycles. The molecule has 2 atom stereocenters. The Bertz CT molecular complexity index is 853. The summed E-state index contributed by atoms with van der Waals surface area (Å²) in [7, 11) is 0. The minimum Gasteiger partial charge on any atom is -0.335 e. The van der Waals surface area contributed by atoms with E-state index in [-0.39, 0.29) is 17.9 Å². The van der Waals surface area contributed by atoms with Crippen molar-refractivity contribution in [3.63, 3.8) is 0 Å². The van der Waals surface area contributed by atoms with E-state index >= 15 is 0 Å². The maximum Gasteiger partial charge on any atom is 0.274 e. The molecule has 0 radical (unpaired) electrons. The van der Waals surface area contributed by atoms with Crippen LogP contribution in [0.5, 0.6) is 0 Å². The Morgan fingerprint density at radius 3 is 2.74 bits per heavy atom. The highest BCUT2D eigenvalue weighted by Crippen LogP contribution is 2.31. The lowest BCUT2D eigenvalue weighted by Crippen LogP contribution is -2.47. The molecule has 2 aromatic rings. The van der Waals surface area contributed by atoms with Crippen LogP contribution in [0.1, 0.15) is 50.6 Å². The van der Waals surface area contributed by atoms with Gasteiger partial charge >= 0.3 is 0 Å². The third-order valence-corrected chi connectivity index (χ3v) is 6.67. The number of amides is 2. The SMILES string of the molecule is CCc1nc(C)c(C(=O)N2C[C@H]3CC[C@@H]2CN(C(=O)c2cnccn2)C3)s1. The number of rotatable bonds is 3. The Labute approximate surface area is 162 Å². The second kappa shape index (κ2) is 7.34. The third-order valence-electron chi connectivity index (χ3n) is 5.38. The minimum absolute atomic E-state index is 0.0449. The Kier molecular flexibility index (Phi) is 4.90. The second-order valence-corrected chi connectivity index (χ2v) is 8.31. The van der Waals surface area contributed by atoms with Crippen LogP contribution >= 0.6 is 11.3 Å². The summed E-state index contributed by atoms with van der Waals surface area (Å²) in [6.07, 6.45) is 7.41. The molecular formula is C19H23N5O2S. The van der Waals surface area contributed by atoms with Crippen LogP contribution in [0.25, 0.3) is 0 Å². The van der Waals surface area contributed by atoms with E-state index in [1.807, 2.05) is 16.7 Å². The minimum atomic E-state index is -0.100. The van der Waals surface area contributed by atoms with Crippen molar-refractivity contribution in [1.82, 2.24) is 24.8 Å². The predicted molar refractivity (Wildman–Crippen MR) is 102 cm³/mol. The average Bonchev–Trinajstić information content (AvgIpc) is 2.86. The van der Waals surface area contributed by atoms with E-state index in [0.29, 0.717) is 31.2 Å². The Balaban J connectivity index is 1.55. The molecule has 3 aliphatic rings. The molecule has 27 heavy (non-hydrogen) atoms. The van der Waals surface area contributed by atoms with Crippen LogP contribution in [0.15, 0.2) is 18.6 Å². The molecule has 0 spiro atoms. The average molecular weight is 385 g/mol. The van der Waals surface area contributed by atoms with Gasteiger partial charge in [-0.25, -0.2) is 9.97 Å². The molecule has 0 saturated carbocycles. The van der Waals surface area contributed by atoms with Crippen molar-refractivity contribution in [2.75, 3.05) is 19.6 Å². The van der Waals surface area contributed by atoms with Crippen molar-refractivity contribution in [2.24, 2.45) is 5.92 Å². The Morgan fingerprint density at radius 2 is 2.04 bits per heavy atom. The fourth-order valence-electron chi connectivity index (χ4n) is 4.00. The first-order valence-electron chi connectivity index (χ1n) is 9.39. The molecule has 0 aliphatic carbocycles. The van der Waals surface area contributed by atoms with Gasteiger partial charge in [0.25, 0.3) is 11.8 Å². The van der Waals surface area contributed by atoms with Crippen LogP contribution in [0.2, 0.25) is 0 Å². The smallest absolute Gasteiger partial charge is 0.274 e. The number of carbonyl (C=O) groups is 2. The molecule has 142 valence electrons. The van der Waals surface area contributed by atoms with Crippen molar-refractivity contribution < 1.29 is 9.59 Å². The van der Waals surface area contributed by atoms with Crippen LogP contribution in [-0.4, -0.2) is 62.2 Å². The van der Waals surface area contributed by atoms with Crippen LogP contribution in [-0.2, 0) is 6.42 Å². The number of hydrogen-bond acceptors (Lipinski definition) is 6. The lowest BCUT2D eigenvalue weighted by atomic mass is 9.95. The topological polar surface area (TPSA) is 79.3 Å². The van der Waals surface area contributed by atoms with Gasteiger partial charge in [0, 0.05) is 38.1 Å². The summed E-state index contributed by atoms with van der Waals surface area (Å²) in [6, 6.07) is 0.0449. The maximum atomic E-state index is 13.2. The van der Waals surface area contributed by atoms with Gasteiger partial charge in [0.1, 0.15) is 10.6 Å². The lowest BCUT2D eigenvalue weighted by Gasteiger charge is -2.35. The van der Waals surface area contributed by atoms with Gasteiger partial charge in [-0.1, -0.05) is 6.92 Å². The Morgan fingerprint density at radius 1 is 1.19 bits per heavy atom. The van der Waals surface area contributed by atoms with Crippen molar-refractivity contribution in [3.8, 4) is 0 Å². The zero-order valence-electron chi connectivity index (χ0n) is 15.6. The van der Waals surface area contributed by atoms with E-state index in [9.17, 15) is 9.59 Å². The van der Waals surface area contributed by atoms with Gasteiger partial charge in [-0.3, -0.25) is 14.6 Å². The van der Waals surface area contributed by atoms with E-state index in [4.69, 9.17) is 0 Å². The van der Waals surface area contributed by atoms with E-state index < -0.39 is 0 Å². The van der Waals surface area contributed by atoms with E-state index in [1.54, 1.807) is 6.20 Å².